The smallest absolute Gasteiger partial charge is 0.251 e. The highest BCUT2D eigenvalue weighted by molar-refractivity contribution is 7.50. The van der Waals surface area contributed by atoms with E-state index >= 15 is 0 Å². The Morgan fingerprint density at radius 2 is 2.15 bits per heavy atom. The molecule has 0 amide bonds. The normalized spacial score (nSPS) is 26.4. The summed E-state index contributed by atoms with van der Waals surface area (Å²) in [5, 5.41) is 0. The van der Waals surface area contributed by atoms with Crippen LogP contribution in [0.25, 0.3) is 0 Å². The van der Waals surface area contributed by atoms with Crippen molar-refractivity contribution in [1.29, 1.82) is 0 Å². The Hall–Kier alpha value is -0.0651. The Bertz CT molecular complexity index is 199. The van der Waals surface area contributed by atoms with Gasteiger partial charge in [0.2, 0.25) is 0 Å². The van der Waals surface area contributed by atoms with Crippen LogP contribution in [0.4, 0.5) is 0 Å². The number of rotatable bonds is 1. The van der Waals surface area contributed by atoms with Crippen LogP contribution in [0.5, 0.6) is 0 Å². The van der Waals surface area contributed by atoms with Gasteiger partial charge >= 0.3 is 0 Å². The largest absolute Gasteiger partial charge is 0.384 e. The van der Waals surface area contributed by atoms with Gasteiger partial charge < -0.3 is 14.5 Å². The number of hydrogen-bond donors (Lipinski definition) is 2. The van der Waals surface area contributed by atoms with E-state index in [0.717, 1.165) is 12.8 Å². The summed E-state index contributed by atoms with van der Waals surface area (Å²) in [5.74, 6) is 2.65. The van der Waals surface area contributed by atoms with Crippen molar-refractivity contribution in [1.82, 2.24) is 0 Å². The van der Waals surface area contributed by atoms with Crippen molar-refractivity contribution in [3.05, 3.63) is 0 Å². The summed E-state index contributed by atoms with van der Waals surface area (Å²) in [6.45, 7) is 0. The first-order valence-corrected chi connectivity index (χ1v) is 5.00. The third-order valence-corrected chi connectivity index (χ3v) is 2.01. The van der Waals surface area contributed by atoms with Crippen LogP contribution in [-0.4, -0.2) is 29.7 Å². The van der Waals surface area contributed by atoms with Crippen LogP contribution in [-0.2, 0) is 4.74 Å². The van der Waals surface area contributed by atoms with Crippen LogP contribution >= 0.6 is 8.38 Å². The van der Waals surface area contributed by atoms with Crippen LogP contribution < -0.4 is 0 Å². The van der Waals surface area contributed by atoms with Crippen molar-refractivity contribution in [2.45, 2.75) is 38.8 Å². The highest BCUT2D eigenvalue weighted by Gasteiger charge is 2.19. The second kappa shape index (κ2) is 6.40. The highest BCUT2D eigenvalue weighted by atomic mass is 31.2. The van der Waals surface area contributed by atoms with Gasteiger partial charge in [0.15, 0.2) is 0 Å². The molecule has 13 heavy (non-hydrogen) atoms. The summed E-state index contributed by atoms with van der Waals surface area (Å²) in [7, 11) is 3.41. The summed E-state index contributed by atoms with van der Waals surface area (Å²) in [6.07, 6.45) is 2.37. The van der Waals surface area contributed by atoms with Crippen LogP contribution in [0.1, 0.15) is 26.7 Å². The van der Waals surface area contributed by atoms with E-state index in [0.29, 0.717) is 6.42 Å². The van der Waals surface area contributed by atoms with Gasteiger partial charge in [0.1, 0.15) is 7.85 Å². The van der Waals surface area contributed by atoms with Gasteiger partial charge in [-0.05, 0) is 18.5 Å². The van der Waals surface area contributed by atoms with Gasteiger partial charge in [0, 0.05) is 12.4 Å². The van der Waals surface area contributed by atoms with Crippen molar-refractivity contribution < 1.29 is 14.5 Å². The molecule has 1 saturated heterocycles. The molecule has 0 bridgehead atoms. The predicted octanol–water partition coefficient (Wildman–Crippen LogP) is 0.944. The number of hydrogen-bond acceptors (Lipinski definition) is 3. The zero-order chi connectivity index (χ0) is 8.97. The van der Waals surface area contributed by atoms with E-state index in [1.54, 1.807) is 0 Å². The van der Waals surface area contributed by atoms with Crippen LogP contribution in [0.15, 0.2) is 0 Å². The molecule has 0 aliphatic carbocycles. The molecule has 1 heterocycles. The van der Waals surface area contributed by atoms with E-state index in [1.165, 1.54) is 0 Å². The Morgan fingerprint density at radius 1 is 1.46 bits per heavy atom. The fourth-order valence-corrected chi connectivity index (χ4v) is 1.35. The van der Waals surface area contributed by atoms with Crippen molar-refractivity contribution in [2.24, 2.45) is 0 Å². The second-order valence-electron chi connectivity index (χ2n) is 2.66. The molecule has 0 aromatic rings. The standard InChI is InChI=1S/C7H10BO3P.CH4/c8-7-4-3-6(11-7)2-1-5-12(9)10;/h6-7,9-10H,2-4H2;1H4. The molecule has 2 radical (unpaired) electrons. The van der Waals surface area contributed by atoms with Crippen molar-refractivity contribution >= 4 is 16.2 Å². The topological polar surface area (TPSA) is 49.7 Å². The van der Waals surface area contributed by atoms with E-state index in [9.17, 15) is 0 Å². The average Bonchev–Trinajstić information content (AvgIpc) is 2.35. The Kier molecular flexibility index (Phi) is 6.37. The quantitative estimate of drug-likeness (QED) is 0.376. The minimum atomic E-state index is -2.08. The van der Waals surface area contributed by atoms with Crippen molar-refractivity contribution in [2.75, 3.05) is 0 Å². The average molecular weight is 200 g/mol. The molecule has 3 nitrogen and oxygen atoms in total. The maximum atomic E-state index is 8.46. The van der Waals surface area contributed by atoms with Crippen molar-refractivity contribution in [3.8, 4) is 11.6 Å². The third-order valence-electron chi connectivity index (χ3n) is 1.65. The molecule has 72 valence electrons. The summed E-state index contributed by atoms with van der Waals surface area (Å²) in [6, 6.07) is -0.165. The zero-order valence-electron chi connectivity index (χ0n) is 6.60. The molecule has 1 rings (SSSR count). The lowest BCUT2D eigenvalue weighted by molar-refractivity contribution is 0.0918. The summed E-state index contributed by atoms with van der Waals surface area (Å²) in [4.78, 5) is 16.9. The first-order chi connectivity index (χ1) is 5.68. The lowest BCUT2D eigenvalue weighted by Crippen LogP contribution is -2.09. The fourth-order valence-electron chi connectivity index (χ4n) is 1.11. The van der Waals surface area contributed by atoms with Gasteiger partial charge in [-0.1, -0.05) is 13.3 Å². The van der Waals surface area contributed by atoms with E-state index < -0.39 is 8.38 Å². The maximum Gasteiger partial charge on any atom is 0.251 e. The molecule has 2 atom stereocenters. The number of ether oxygens (including phenoxy) is 1. The predicted molar refractivity (Wildman–Crippen MR) is 54.1 cm³/mol. The molecule has 0 aromatic heterocycles. The summed E-state index contributed by atoms with van der Waals surface area (Å²) < 4.78 is 5.26. The Balaban J connectivity index is 0.00000144. The molecular formula is C8H14BO3P. The zero-order valence-corrected chi connectivity index (χ0v) is 7.50. The van der Waals surface area contributed by atoms with E-state index in [2.05, 4.69) is 11.6 Å². The first kappa shape index (κ1) is 12.9. The second-order valence-corrected chi connectivity index (χ2v) is 3.46. The highest BCUT2D eigenvalue weighted by Crippen LogP contribution is 2.22. The monoisotopic (exact) mass is 200 g/mol. The lowest BCUT2D eigenvalue weighted by atomic mass is 9.97. The summed E-state index contributed by atoms with van der Waals surface area (Å²) in [5.41, 5.74) is 2.29. The molecule has 1 aliphatic rings. The molecule has 2 unspecified atom stereocenters. The van der Waals surface area contributed by atoms with Crippen LogP contribution in [0, 0.1) is 11.6 Å². The molecule has 0 aromatic carbocycles. The van der Waals surface area contributed by atoms with Crippen LogP contribution in [0.3, 0.4) is 0 Å². The maximum absolute atomic E-state index is 8.46. The van der Waals surface area contributed by atoms with Gasteiger partial charge in [0.25, 0.3) is 8.38 Å². The Labute approximate surface area is 81.8 Å². The SMILES string of the molecule is C.[B]C1CCC(CC#CP(O)O)O1. The van der Waals surface area contributed by atoms with Gasteiger partial charge in [0.05, 0.1) is 6.10 Å². The molecule has 1 fully saturated rings. The molecule has 0 spiro atoms. The van der Waals surface area contributed by atoms with Gasteiger partial charge in [-0.15, -0.1) is 0 Å². The molecule has 2 N–H and O–H groups in total. The lowest BCUT2D eigenvalue weighted by Gasteiger charge is -2.06. The van der Waals surface area contributed by atoms with E-state index in [1.807, 2.05) is 0 Å². The molecule has 0 saturated carbocycles. The first-order valence-electron chi connectivity index (χ1n) is 3.76. The van der Waals surface area contributed by atoms with Gasteiger partial charge in [-0.2, -0.15) is 0 Å². The molecule has 5 heteroatoms. The molecular weight excluding hydrogens is 186 g/mol. The third kappa shape index (κ3) is 5.28. The van der Waals surface area contributed by atoms with Gasteiger partial charge in [-0.3, -0.25) is 0 Å². The minimum Gasteiger partial charge on any atom is -0.384 e. The Morgan fingerprint density at radius 3 is 2.62 bits per heavy atom. The van der Waals surface area contributed by atoms with Crippen LogP contribution in [0.2, 0.25) is 0 Å². The van der Waals surface area contributed by atoms with Gasteiger partial charge in [-0.25, -0.2) is 0 Å². The summed E-state index contributed by atoms with van der Waals surface area (Å²) >= 11 is 0. The van der Waals surface area contributed by atoms with E-state index in [-0.39, 0.29) is 19.5 Å². The van der Waals surface area contributed by atoms with E-state index in [4.69, 9.17) is 22.4 Å². The minimum absolute atomic E-state index is 0. The van der Waals surface area contributed by atoms with Crippen molar-refractivity contribution in [3.63, 3.8) is 0 Å². The molecule has 1 aliphatic heterocycles. The fraction of sp³-hybridized carbons (Fsp3) is 0.750.